The number of aliphatic imine (C=N–C) groups is 1. The van der Waals surface area contributed by atoms with Crippen molar-refractivity contribution in [2.75, 3.05) is 0 Å². The summed E-state index contributed by atoms with van der Waals surface area (Å²) in [5.41, 5.74) is -1.10. The van der Waals surface area contributed by atoms with Crippen LogP contribution in [0, 0.1) is 5.82 Å². The highest BCUT2D eigenvalue weighted by atomic mass is 19.1. The SMILES string of the molecule is O=CC1(c2ccccc2F)N=CC=CN1. The normalized spacial score (nSPS) is 23.5. The molecule has 1 heterocycles. The zero-order valence-corrected chi connectivity index (χ0v) is 7.85. The number of rotatable bonds is 2. The first-order valence-electron chi connectivity index (χ1n) is 4.48. The summed E-state index contributed by atoms with van der Waals surface area (Å²) in [7, 11) is 0. The lowest BCUT2D eigenvalue weighted by Gasteiger charge is -2.26. The average Bonchev–Trinajstić information content (AvgIpc) is 2.30. The quantitative estimate of drug-likeness (QED) is 0.739. The molecule has 76 valence electrons. The van der Waals surface area contributed by atoms with Gasteiger partial charge in [0.05, 0.1) is 0 Å². The lowest BCUT2D eigenvalue weighted by Crippen LogP contribution is -2.41. The van der Waals surface area contributed by atoms with Crippen molar-refractivity contribution in [2.24, 2.45) is 4.99 Å². The van der Waals surface area contributed by atoms with E-state index >= 15 is 0 Å². The first-order chi connectivity index (χ1) is 7.28. The highest BCUT2D eigenvalue weighted by Crippen LogP contribution is 2.24. The maximum absolute atomic E-state index is 13.5. The molecule has 4 heteroatoms. The molecule has 1 aliphatic rings. The van der Waals surface area contributed by atoms with Crippen LogP contribution in [0.1, 0.15) is 5.56 Å². The molecule has 1 aromatic rings. The maximum Gasteiger partial charge on any atom is 0.214 e. The number of nitrogens with zero attached hydrogens (tertiary/aromatic N) is 1. The van der Waals surface area contributed by atoms with Crippen molar-refractivity contribution >= 4 is 12.5 Å². The van der Waals surface area contributed by atoms with Gasteiger partial charge in [-0.05, 0) is 12.1 Å². The van der Waals surface area contributed by atoms with Crippen LogP contribution in [0.4, 0.5) is 4.39 Å². The summed E-state index contributed by atoms with van der Waals surface area (Å²) in [5, 5.41) is 2.75. The van der Waals surface area contributed by atoms with Gasteiger partial charge in [-0.1, -0.05) is 18.2 Å². The van der Waals surface area contributed by atoms with E-state index < -0.39 is 11.5 Å². The van der Waals surface area contributed by atoms with E-state index in [1.165, 1.54) is 18.3 Å². The van der Waals surface area contributed by atoms with Crippen molar-refractivity contribution < 1.29 is 9.18 Å². The Balaban J connectivity index is 2.52. The van der Waals surface area contributed by atoms with Crippen LogP contribution in [0.5, 0.6) is 0 Å². The minimum absolute atomic E-state index is 0.223. The number of carbonyl (C=O) groups is 1. The summed E-state index contributed by atoms with van der Waals surface area (Å²) < 4.78 is 13.5. The van der Waals surface area contributed by atoms with E-state index in [1.807, 2.05) is 0 Å². The standard InChI is InChI=1S/C11H9FN2O/c12-10-5-2-1-4-9(10)11(8-15)13-6-3-7-14-11/h1-8,13H. The zero-order chi connectivity index (χ0) is 10.7. The Morgan fingerprint density at radius 3 is 2.80 bits per heavy atom. The van der Waals surface area contributed by atoms with Crippen LogP contribution in [0.15, 0.2) is 41.5 Å². The van der Waals surface area contributed by atoms with Gasteiger partial charge in [-0.3, -0.25) is 9.79 Å². The van der Waals surface area contributed by atoms with Gasteiger partial charge in [-0.25, -0.2) is 4.39 Å². The first-order valence-corrected chi connectivity index (χ1v) is 4.48. The van der Waals surface area contributed by atoms with Crippen molar-refractivity contribution in [3.63, 3.8) is 0 Å². The number of nitrogens with one attached hydrogen (secondary N) is 1. The molecule has 2 rings (SSSR count). The van der Waals surface area contributed by atoms with Crippen LogP contribution in [-0.4, -0.2) is 12.5 Å². The molecule has 1 N–H and O–H groups in total. The van der Waals surface area contributed by atoms with E-state index in [0.29, 0.717) is 6.29 Å². The Kier molecular flexibility index (Phi) is 2.33. The van der Waals surface area contributed by atoms with Crippen molar-refractivity contribution in [1.82, 2.24) is 5.32 Å². The number of benzene rings is 1. The van der Waals surface area contributed by atoms with Gasteiger partial charge >= 0.3 is 0 Å². The summed E-state index contributed by atoms with van der Waals surface area (Å²) >= 11 is 0. The van der Waals surface area contributed by atoms with Gasteiger partial charge in [0.2, 0.25) is 5.66 Å². The minimum Gasteiger partial charge on any atom is -0.358 e. The van der Waals surface area contributed by atoms with Gasteiger partial charge in [-0.2, -0.15) is 0 Å². The fourth-order valence-corrected chi connectivity index (χ4v) is 1.46. The topological polar surface area (TPSA) is 41.5 Å². The highest BCUT2D eigenvalue weighted by Gasteiger charge is 2.32. The molecule has 15 heavy (non-hydrogen) atoms. The molecule has 0 aromatic heterocycles. The monoisotopic (exact) mass is 204 g/mol. The summed E-state index contributed by atoms with van der Waals surface area (Å²) in [5.74, 6) is -0.454. The molecule has 1 aromatic carbocycles. The van der Waals surface area contributed by atoms with Gasteiger partial charge < -0.3 is 5.32 Å². The lowest BCUT2D eigenvalue weighted by atomic mass is 10.0. The number of hydrogen-bond donors (Lipinski definition) is 1. The van der Waals surface area contributed by atoms with E-state index in [1.54, 1.807) is 24.4 Å². The number of hydrogen-bond acceptors (Lipinski definition) is 3. The average molecular weight is 204 g/mol. The number of aldehydes is 1. The van der Waals surface area contributed by atoms with Gasteiger partial charge in [0.15, 0.2) is 6.29 Å². The summed E-state index contributed by atoms with van der Waals surface area (Å²) in [6, 6.07) is 6.07. The van der Waals surface area contributed by atoms with Crippen LogP contribution in [0.25, 0.3) is 0 Å². The molecular formula is C11H9FN2O. The zero-order valence-electron chi connectivity index (χ0n) is 7.85. The van der Waals surface area contributed by atoms with Gasteiger partial charge in [0.1, 0.15) is 5.82 Å². The molecule has 0 saturated heterocycles. The molecular weight excluding hydrogens is 195 g/mol. The van der Waals surface area contributed by atoms with Crippen LogP contribution >= 0.6 is 0 Å². The molecule has 1 atom stereocenters. The van der Waals surface area contributed by atoms with Gasteiger partial charge in [-0.15, -0.1) is 0 Å². The van der Waals surface area contributed by atoms with Crippen LogP contribution in [-0.2, 0) is 10.5 Å². The third kappa shape index (κ3) is 1.54. The van der Waals surface area contributed by atoms with Crippen molar-refractivity contribution in [2.45, 2.75) is 5.66 Å². The third-order valence-electron chi connectivity index (χ3n) is 2.22. The molecule has 0 aliphatic carbocycles. The van der Waals surface area contributed by atoms with E-state index in [4.69, 9.17) is 0 Å². The molecule has 1 unspecified atom stereocenters. The Hall–Kier alpha value is -1.97. The van der Waals surface area contributed by atoms with Crippen molar-refractivity contribution in [3.05, 3.63) is 47.9 Å². The predicted octanol–water partition coefficient (Wildman–Crippen LogP) is 1.37. The molecule has 0 saturated carbocycles. The van der Waals surface area contributed by atoms with Gasteiger partial charge in [0.25, 0.3) is 0 Å². The van der Waals surface area contributed by atoms with Crippen molar-refractivity contribution in [1.29, 1.82) is 0 Å². The second kappa shape index (κ2) is 3.65. The number of carbonyl (C=O) groups excluding carboxylic acids is 1. The van der Waals surface area contributed by atoms with Gasteiger partial charge in [0, 0.05) is 18.0 Å². The van der Waals surface area contributed by atoms with Crippen LogP contribution < -0.4 is 5.32 Å². The maximum atomic E-state index is 13.5. The smallest absolute Gasteiger partial charge is 0.214 e. The molecule has 0 bridgehead atoms. The van der Waals surface area contributed by atoms with Crippen LogP contribution in [0.3, 0.4) is 0 Å². The summed E-state index contributed by atoms with van der Waals surface area (Å²) in [4.78, 5) is 15.0. The fourth-order valence-electron chi connectivity index (χ4n) is 1.46. The van der Waals surface area contributed by atoms with Crippen LogP contribution in [0.2, 0.25) is 0 Å². The number of halogens is 1. The van der Waals surface area contributed by atoms with E-state index in [2.05, 4.69) is 10.3 Å². The molecule has 1 aliphatic heterocycles. The molecule has 0 radical (unpaired) electrons. The molecule has 0 spiro atoms. The van der Waals surface area contributed by atoms with E-state index in [0.717, 1.165) is 0 Å². The predicted molar refractivity (Wildman–Crippen MR) is 54.9 cm³/mol. The third-order valence-corrected chi connectivity index (χ3v) is 2.22. The number of allylic oxidation sites excluding steroid dienone is 1. The Morgan fingerprint density at radius 1 is 1.40 bits per heavy atom. The first kappa shape index (κ1) is 9.58. The largest absolute Gasteiger partial charge is 0.358 e. The minimum atomic E-state index is -1.32. The second-order valence-electron chi connectivity index (χ2n) is 3.15. The Morgan fingerprint density at radius 2 is 2.20 bits per heavy atom. The highest BCUT2D eigenvalue weighted by molar-refractivity contribution is 5.79. The Labute approximate surface area is 86.3 Å². The van der Waals surface area contributed by atoms with Crippen molar-refractivity contribution in [3.8, 4) is 0 Å². The lowest BCUT2D eigenvalue weighted by molar-refractivity contribution is -0.113. The molecule has 0 fully saturated rings. The fraction of sp³-hybridized carbons (Fsp3) is 0.0909. The second-order valence-corrected chi connectivity index (χ2v) is 3.15. The van der Waals surface area contributed by atoms with E-state index in [-0.39, 0.29) is 5.56 Å². The van der Waals surface area contributed by atoms with E-state index in [9.17, 15) is 9.18 Å². The Bertz CT molecular complexity index is 442. The molecule has 3 nitrogen and oxygen atoms in total. The molecule has 0 amide bonds. The summed E-state index contributed by atoms with van der Waals surface area (Å²) in [6.07, 6.45) is 5.26. The summed E-state index contributed by atoms with van der Waals surface area (Å²) in [6.45, 7) is 0.